The van der Waals surface area contributed by atoms with Gasteiger partial charge in [-0.1, -0.05) is 29.7 Å². The van der Waals surface area contributed by atoms with E-state index in [-0.39, 0.29) is 174 Å². The van der Waals surface area contributed by atoms with E-state index in [2.05, 4.69) is 30.8 Å². The van der Waals surface area contributed by atoms with Gasteiger partial charge in [0.2, 0.25) is 0 Å². The van der Waals surface area contributed by atoms with Gasteiger partial charge in [-0.3, -0.25) is 13.7 Å². The van der Waals surface area contributed by atoms with Crippen molar-refractivity contribution in [3.05, 3.63) is 72.8 Å². The van der Waals surface area contributed by atoms with Gasteiger partial charge in [0.25, 0.3) is 30.4 Å². The molecule has 68 heavy (non-hydrogen) atoms. The molecular formula is C35H26N8Na4O17S4. The summed E-state index contributed by atoms with van der Waals surface area (Å²) in [6, 6.07) is 9.45. The molecule has 33 heteroatoms. The molecular weight excluding hydrogens is 1020 g/mol. The van der Waals surface area contributed by atoms with Crippen LogP contribution in [0.15, 0.2) is 118 Å². The van der Waals surface area contributed by atoms with Crippen molar-refractivity contribution >= 4 is 114 Å². The van der Waals surface area contributed by atoms with Crippen LogP contribution in [-0.4, -0.2) is 72.1 Å². The molecule has 6 rings (SSSR count). The van der Waals surface area contributed by atoms with Gasteiger partial charge in [0.1, 0.15) is 59.8 Å². The Morgan fingerprint density at radius 2 is 1.00 bits per heavy atom. The monoisotopic (exact) mass is 1050 g/mol. The summed E-state index contributed by atoms with van der Waals surface area (Å²) in [5.74, 6) is -2.71. The van der Waals surface area contributed by atoms with Crippen LogP contribution in [0, 0.1) is 0 Å². The second-order valence-corrected chi connectivity index (χ2v) is 18.5. The molecule has 0 atom stereocenters. The van der Waals surface area contributed by atoms with Gasteiger partial charge in [0.05, 0.1) is 47.1 Å². The van der Waals surface area contributed by atoms with Crippen LogP contribution in [0.2, 0.25) is 0 Å². The zero-order valence-electron chi connectivity index (χ0n) is 36.0. The van der Waals surface area contributed by atoms with Crippen LogP contribution in [-0.2, 0) is 40.5 Å². The molecule has 0 spiro atoms. The molecule has 0 bridgehead atoms. The van der Waals surface area contributed by atoms with Crippen LogP contribution in [0.4, 0.5) is 45.5 Å². The topological polar surface area (TPSA) is 434 Å². The summed E-state index contributed by atoms with van der Waals surface area (Å²) in [5.41, 5.74) is 8.45. The summed E-state index contributed by atoms with van der Waals surface area (Å²) in [5, 5.41) is 55.8. The molecule has 6 aromatic carbocycles. The predicted molar refractivity (Wildman–Crippen MR) is 218 cm³/mol. The number of fused-ring (bicyclic) bond motifs is 2. The minimum atomic E-state index is -5.24. The number of hydrogen-bond acceptors (Lipinski definition) is 21. The number of nitrogens with zero attached hydrogens (tertiary/aromatic N) is 5. The average Bonchev–Trinajstić information content (AvgIpc) is 3.18. The fourth-order valence-electron chi connectivity index (χ4n) is 5.94. The van der Waals surface area contributed by atoms with Crippen molar-refractivity contribution in [2.45, 2.75) is 19.6 Å². The van der Waals surface area contributed by atoms with E-state index in [4.69, 9.17) is 20.9 Å². The van der Waals surface area contributed by atoms with Crippen molar-refractivity contribution in [2.24, 2.45) is 25.4 Å². The first kappa shape index (κ1) is 60.9. The van der Waals surface area contributed by atoms with E-state index in [1.807, 2.05) is 0 Å². The summed E-state index contributed by atoms with van der Waals surface area (Å²) in [6.07, 6.45) is 0. The molecule has 0 amide bonds. The first-order chi connectivity index (χ1) is 29.7. The van der Waals surface area contributed by atoms with Gasteiger partial charge in [-0.05, 0) is 53.2 Å². The number of rotatable bonds is 12. The Bertz CT molecular complexity index is 3530. The van der Waals surface area contributed by atoms with Gasteiger partial charge < -0.3 is 46.1 Å². The summed E-state index contributed by atoms with van der Waals surface area (Å²) in [4.78, 5) is 0.114. The number of nitrogens with one attached hydrogen (secondary N) is 1. The second kappa shape index (κ2) is 23.3. The standard InChI is InChI=1S/C35H30N8O17S4.4Na/c1-59-27-11-23(40-42-33-19(36)5-3-15-7-17(61(47,48)49)9-25(44)31(15)33)29(63(53,54)55)13-21(27)38-35(46)39-22-14-30(64(56,57)58)24(12-28(22)60-2)41-43-34-20(37)6-4-16-8-18(62(50,51)52)10-26(45)32(16)34;;;;/h3-14,44-45H,36-37H2,1-2H3,(H2,38,39,46)(H,47,48,49)(H,50,51,52)(H,53,54,55)(H,56,57,58);;;;/q;4*+1/p-4. The average molecular weight is 1050 g/mol. The molecule has 0 aromatic heterocycles. The fourth-order valence-corrected chi connectivity index (χ4v) is 8.25. The molecule has 0 fully saturated rings. The zero-order chi connectivity index (χ0) is 47.3. The third-order valence-electron chi connectivity index (χ3n) is 8.78. The summed E-state index contributed by atoms with van der Waals surface area (Å²) in [6.45, 7) is 0. The van der Waals surface area contributed by atoms with Gasteiger partial charge in [0.15, 0.2) is 0 Å². The third-order valence-corrected chi connectivity index (χ3v) is 12.2. The molecule has 25 nitrogen and oxygen atoms in total. The summed E-state index contributed by atoms with van der Waals surface area (Å²) >= 11 is 0. The first-order valence-corrected chi connectivity index (χ1v) is 22.7. The Balaban J connectivity index is 0.00000397. The molecule has 0 saturated heterocycles. The molecule has 0 aliphatic carbocycles. The number of nitrogens with two attached hydrogens (primary N) is 2. The minimum Gasteiger partial charge on any atom is -0.872 e. The Morgan fingerprint density at radius 3 is 1.43 bits per heavy atom. The van der Waals surface area contributed by atoms with E-state index in [1.54, 1.807) is 0 Å². The van der Waals surface area contributed by atoms with Gasteiger partial charge in [-0.25, -0.2) is 13.4 Å². The molecule has 6 aromatic rings. The molecule has 0 radical (unpaired) electrons. The number of benzene rings is 6. The van der Waals surface area contributed by atoms with Crippen molar-refractivity contribution in [3.8, 4) is 23.0 Å². The van der Waals surface area contributed by atoms with E-state index < -0.39 is 100 Å². The molecule has 0 saturated carbocycles. The number of azo groups is 2. The van der Waals surface area contributed by atoms with E-state index in [1.165, 1.54) is 24.3 Å². The largest absolute Gasteiger partial charge is 1.00 e. The summed E-state index contributed by atoms with van der Waals surface area (Å²) in [7, 11) is -18.2. The van der Waals surface area contributed by atoms with Crippen LogP contribution >= 0.6 is 0 Å². The smallest absolute Gasteiger partial charge is 0.872 e. The molecule has 0 aliphatic heterocycles. The molecule has 8 N–H and O–H groups in total. The number of hydrogen-bond donors (Lipinski definition) is 6. The van der Waals surface area contributed by atoms with Crippen LogP contribution in [0.3, 0.4) is 0 Å². The molecule has 336 valence electrons. The number of amidine groups is 1. The molecule has 0 aliphatic rings. The van der Waals surface area contributed by atoms with Gasteiger partial charge >= 0.3 is 118 Å². The van der Waals surface area contributed by atoms with Gasteiger partial charge in [-0.15, -0.1) is 20.5 Å². The maximum atomic E-state index is 13.3. The van der Waals surface area contributed by atoms with E-state index in [9.17, 15) is 67.2 Å². The maximum absolute atomic E-state index is 13.3. The number of aliphatic imine (C=N–C) groups is 1. The number of ether oxygens (including phenoxy) is 2. The van der Waals surface area contributed by atoms with E-state index >= 15 is 0 Å². The van der Waals surface area contributed by atoms with Crippen LogP contribution < -0.4 is 160 Å². The molecule has 0 unspecified atom stereocenters. The number of anilines is 3. The van der Waals surface area contributed by atoms with Crippen LogP contribution in [0.5, 0.6) is 23.0 Å². The van der Waals surface area contributed by atoms with Gasteiger partial charge in [0, 0.05) is 22.9 Å². The third kappa shape index (κ3) is 13.6. The first-order valence-electron chi connectivity index (χ1n) is 17.0. The number of nitrogen functional groups attached to an aromatic ring is 2. The Kier molecular flexibility index (Phi) is 20.9. The fraction of sp³-hybridized carbons (Fsp3) is 0.0571. The van der Waals surface area contributed by atoms with Crippen molar-refractivity contribution in [2.75, 3.05) is 31.0 Å². The zero-order valence-corrected chi connectivity index (χ0v) is 47.3. The second-order valence-electron chi connectivity index (χ2n) is 12.9. The minimum absolute atomic E-state index is 0. The van der Waals surface area contributed by atoms with Gasteiger partial charge in [-0.2, -0.15) is 25.3 Å². The van der Waals surface area contributed by atoms with Crippen molar-refractivity contribution in [1.82, 2.24) is 0 Å². The van der Waals surface area contributed by atoms with E-state index in [0.717, 1.165) is 38.5 Å². The van der Waals surface area contributed by atoms with Crippen LogP contribution in [0.1, 0.15) is 0 Å². The summed E-state index contributed by atoms with van der Waals surface area (Å²) < 4.78 is 148. The predicted octanol–water partition coefficient (Wildman–Crippen LogP) is -8.73. The van der Waals surface area contributed by atoms with Crippen molar-refractivity contribution in [1.29, 1.82) is 0 Å². The molecule has 0 heterocycles. The van der Waals surface area contributed by atoms with Crippen molar-refractivity contribution < 1.29 is 195 Å². The van der Waals surface area contributed by atoms with Crippen molar-refractivity contribution in [3.63, 3.8) is 0 Å². The number of methoxy groups -OCH3 is 2. The van der Waals surface area contributed by atoms with Crippen LogP contribution in [0.25, 0.3) is 21.5 Å². The SMILES string of the molecule is COc1cc(N=Nc2c(N)ccc3cc(S(=O)(=O)[O-])cc([O-])c23)c(S(=O)(=O)O)cc1N=C([O-])Nc1cc(S(=O)(=O)O)c(N=Nc2c(N)ccc3cc(S(=O)(=O)O)cc([O-])c23)cc1OC.[Na+].[Na+].[Na+].[Na+]. The maximum Gasteiger partial charge on any atom is 1.00 e. The van der Waals surface area contributed by atoms with E-state index in [0.29, 0.717) is 24.3 Å². The Hall–Kier alpha value is -3.25. The Morgan fingerprint density at radius 1 is 0.574 bits per heavy atom. The normalized spacial score (nSPS) is 12.2. The quantitative estimate of drug-likeness (QED) is 0.0165. The Labute approximate surface area is 474 Å².